The average molecular weight is 210 g/mol. The second-order valence-electron chi connectivity index (χ2n) is 3.84. The first-order valence-corrected chi connectivity index (χ1v) is 6.36. The number of thiazole rings is 1. The molecule has 2 rings (SSSR count). The van der Waals surface area contributed by atoms with Crippen molar-refractivity contribution >= 4 is 11.3 Å². The van der Waals surface area contributed by atoms with Crippen LogP contribution in [0.25, 0.3) is 0 Å². The summed E-state index contributed by atoms with van der Waals surface area (Å²) in [5, 5.41) is 4.84. The number of aryl methyl sites for hydroxylation is 2. The molecule has 1 fully saturated rings. The third-order valence-corrected chi connectivity index (χ3v) is 3.83. The second-order valence-corrected chi connectivity index (χ2v) is 5.01. The van der Waals surface area contributed by atoms with Crippen LogP contribution in [0.5, 0.6) is 0 Å². The van der Waals surface area contributed by atoms with Gasteiger partial charge in [-0.1, -0.05) is 13.8 Å². The van der Waals surface area contributed by atoms with E-state index in [1.807, 2.05) is 11.3 Å². The Morgan fingerprint density at radius 1 is 1.36 bits per heavy atom. The molecule has 1 aromatic rings. The largest absolute Gasteiger partial charge is 0.309 e. The van der Waals surface area contributed by atoms with Crippen LogP contribution in [0.3, 0.4) is 0 Å². The van der Waals surface area contributed by atoms with E-state index in [4.69, 9.17) is 0 Å². The molecule has 0 unspecified atom stereocenters. The number of hydrogen-bond acceptors (Lipinski definition) is 3. The number of hydrogen-bond donors (Lipinski definition) is 1. The average Bonchev–Trinajstić information content (AvgIpc) is 2.95. The Morgan fingerprint density at radius 2 is 2.14 bits per heavy atom. The van der Waals surface area contributed by atoms with Crippen LogP contribution in [0, 0.1) is 0 Å². The summed E-state index contributed by atoms with van der Waals surface area (Å²) in [6, 6.07) is 0.798. The van der Waals surface area contributed by atoms with E-state index in [1.54, 1.807) is 0 Å². The maximum Gasteiger partial charge on any atom is 0.0928 e. The maximum absolute atomic E-state index is 4.62. The van der Waals surface area contributed by atoms with Gasteiger partial charge in [0.05, 0.1) is 10.7 Å². The van der Waals surface area contributed by atoms with Gasteiger partial charge >= 0.3 is 0 Å². The molecule has 0 amide bonds. The van der Waals surface area contributed by atoms with Crippen molar-refractivity contribution in [2.45, 2.75) is 52.1 Å². The lowest BCUT2D eigenvalue weighted by Crippen LogP contribution is -2.15. The van der Waals surface area contributed by atoms with Crippen LogP contribution in [0.2, 0.25) is 0 Å². The van der Waals surface area contributed by atoms with Crippen LogP contribution in [-0.4, -0.2) is 11.0 Å². The van der Waals surface area contributed by atoms with Crippen molar-refractivity contribution in [1.29, 1.82) is 0 Å². The third kappa shape index (κ3) is 2.34. The maximum atomic E-state index is 4.62. The molecule has 14 heavy (non-hydrogen) atoms. The predicted octanol–water partition coefficient (Wildman–Crippen LogP) is 2.52. The van der Waals surface area contributed by atoms with E-state index in [9.17, 15) is 0 Å². The minimum absolute atomic E-state index is 0.798. The number of nitrogens with one attached hydrogen (secondary N) is 1. The van der Waals surface area contributed by atoms with Crippen LogP contribution < -0.4 is 5.32 Å². The van der Waals surface area contributed by atoms with Gasteiger partial charge in [0.2, 0.25) is 0 Å². The number of aromatic nitrogens is 1. The summed E-state index contributed by atoms with van der Waals surface area (Å²) in [6.07, 6.45) is 4.86. The Labute approximate surface area is 89.8 Å². The summed E-state index contributed by atoms with van der Waals surface area (Å²) >= 11 is 1.88. The van der Waals surface area contributed by atoms with Crippen molar-refractivity contribution in [2.24, 2.45) is 0 Å². The van der Waals surface area contributed by atoms with E-state index in [1.165, 1.54) is 28.4 Å². The molecule has 0 spiro atoms. The van der Waals surface area contributed by atoms with Gasteiger partial charge in [0, 0.05) is 17.5 Å². The van der Waals surface area contributed by atoms with Crippen LogP contribution in [-0.2, 0) is 19.4 Å². The Morgan fingerprint density at radius 3 is 2.71 bits per heavy atom. The highest BCUT2D eigenvalue weighted by Crippen LogP contribution is 2.23. The molecule has 1 saturated carbocycles. The second kappa shape index (κ2) is 4.41. The summed E-state index contributed by atoms with van der Waals surface area (Å²) in [6.45, 7) is 5.40. The minimum Gasteiger partial charge on any atom is -0.309 e. The molecule has 0 aliphatic heterocycles. The first-order chi connectivity index (χ1) is 6.83. The molecule has 0 atom stereocenters. The van der Waals surface area contributed by atoms with Gasteiger partial charge in [-0.15, -0.1) is 11.3 Å². The molecule has 3 heteroatoms. The predicted molar refractivity (Wildman–Crippen MR) is 60.7 cm³/mol. The highest BCUT2D eigenvalue weighted by atomic mass is 32.1. The Hall–Kier alpha value is -0.410. The molecule has 1 heterocycles. The van der Waals surface area contributed by atoms with Crippen molar-refractivity contribution in [2.75, 3.05) is 0 Å². The molecule has 1 aliphatic rings. The molecule has 0 radical (unpaired) electrons. The van der Waals surface area contributed by atoms with Gasteiger partial charge in [-0.05, 0) is 25.7 Å². The summed E-state index contributed by atoms with van der Waals surface area (Å²) in [4.78, 5) is 6.08. The first-order valence-electron chi connectivity index (χ1n) is 5.54. The summed E-state index contributed by atoms with van der Waals surface area (Å²) in [5.41, 5.74) is 1.31. The van der Waals surface area contributed by atoms with Crippen molar-refractivity contribution in [3.63, 3.8) is 0 Å². The van der Waals surface area contributed by atoms with Gasteiger partial charge in [0.1, 0.15) is 0 Å². The lowest BCUT2D eigenvalue weighted by molar-refractivity contribution is 0.689. The van der Waals surface area contributed by atoms with E-state index < -0.39 is 0 Å². The fraction of sp³-hybridized carbons (Fsp3) is 0.727. The Kier molecular flexibility index (Phi) is 3.19. The Balaban J connectivity index is 2.00. The molecule has 78 valence electrons. The van der Waals surface area contributed by atoms with Gasteiger partial charge in [-0.25, -0.2) is 4.98 Å². The van der Waals surface area contributed by atoms with Crippen molar-refractivity contribution in [3.05, 3.63) is 15.6 Å². The first kappa shape index (κ1) is 10.1. The van der Waals surface area contributed by atoms with E-state index in [0.717, 1.165) is 25.4 Å². The summed E-state index contributed by atoms with van der Waals surface area (Å²) < 4.78 is 0. The summed E-state index contributed by atoms with van der Waals surface area (Å²) in [7, 11) is 0. The highest BCUT2D eigenvalue weighted by molar-refractivity contribution is 7.11. The highest BCUT2D eigenvalue weighted by Gasteiger charge is 2.21. The molecular formula is C11H18N2S. The zero-order valence-corrected chi connectivity index (χ0v) is 9.78. The standard InChI is InChI=1S/C11H18N2S/c1-3-9-10(7-12-8-5-6-8)14-11(4-2)13-9/h8,12H,3-7H2,1-2H3. The monoisotopic (exact) mass is 210 g/mol. The van der Waals surface area contributed by atoms with Crippen molar-refractivity contribution in [1.82, 2.24) is 10.3 Å². The molecule has 1 N–H and O–H groups in total. The van der Waals surface area contributed by atoms with Gasteiger partial charge in [0.25, 0.3) is 0 Å². The fourth-order valence-electron chi connectivity index (χ4n) is 1.53. The lowest BCUT2D eigenvalue weighted by Gasteiger charge is -2.00. The van der Waals surface area contributed by atoms with Crippen molar-refractivity contribution in [3.8, 4) is 0 Å². The van der Waals surface area contributed by atoms with E-state index in [-0.39, 0.29) is 0 Å². The number of rotatable bonds is 5. The zero-order chi connectivity index (χ0) is 9.97. The SMILES string of the molecule is CCc1nc(CC)c(CNC2CC2)s1. The number of nitrogens with zero attached hydrogens (tertiary/aromatic N) is 1. The van der Waals surface area contributed by atoms with Gasteiger partial charge in [-0.3, -0.25) is 0 Å². The smallest absolute Gasteiger partial charge is 0.0928 e. The van der Waals surface area contributed by atoms with Crippen molar-refractivity contribution < 1.29 is 0 Å². The molecule has 0 saturated heterocycles. The van der Waals surface area contributed by atoms with E-state index >= 15 is 0 Å². The summed E-state index contributed by atoms with van der Waals surface area (Å²) in [5.74, 6) is 0. The minimum atomic E-state index is 0.798. The van der Waals surface area contributed by atoms with Gasteiger partial charge in [-0.2, -0.15) is 0 Å². The quantitative estimate of drug-likeness (QED) is 0.808. The van der Waals surface area contributed by atoms with Crippen LogP contribution in [0.1, 0.15) is 42.3 Å². The Bertz CT molecular complexity index is 302. The molecule has 0 aromatic carbocycles. The lowest BCUT2D eigenvalue weighted by atomic mass is 10.3. The van der Waals surface area contributed by atoms with Crippen LogP contribution >= 0.6 is 11.3 Å². The molecule has 1 aliphatic carbocycles. The molecule has 1 aromatic heterocycles. The molecular weight excluding hydrogens is 192 g/mol. The normalized spacial score (nSPS) is 16.1. The van der Waals surface area contributed by atoms with E-state index in [0.29, 0.717) is 0 Å². The van der Waals surface area contributed by atoms with Gasteiger partial charge < -0.3 is 5.32 Å². The van der Waals surface area contributed by atoms with E-state index in [2.05, 4.69) is 24.1 Å². The third-order valence-electron chi connectivity index (χ3n) is 2.59. The fourth-order valence-corrected chi connectivity index (χ4v) is 2.57. The van der Waals surface area contributed by atoms with Crippen LogP contribution in [0.4, 0.5) is 0 Å². The van der Waals surface area contributed by atoms with Crippen LogP contribution in [0.15, 0.2) is 0 Å². The molecule has 0 bridgehead atoms. The zero-order valence-electron chi connectivity index (χ0n) is 8.97. The molecule has 2 nitrogen and oxygen atoms in total. The van der Waals surface area contributed by atoms with Gasteiger partial charge in [0.15, 0.2) is 0 Å². The topological polar surface area (TPSA) is 24.9 Å².